The predicted octanol–water partition coefficient (Wildman–Crippen LogP) is 2.59. The standard InChI is InChI=1S/C17H26N2O2/c1-17(2,10-11-21-3)12-18-15-9-8-13-6-4-5-7-14(13)19-16(15)20/h4-7,15,18H,8-12H2,1-3H3,(H,19,20). The number of para-hydroxylation sites is 1. The molecular formula is C17H26N2O2. The number of amides is 1. The van der Waals surface area contributed by atoms with Crippen LogP contribution in [0.4, 0.5) is 5.69 Å². The Balaban J connectivity index is 1.92. The van der Waals surface area contributed by atoms with Crippen molar-refractivity contribution in [2.24, 2.45) is 5.41 Å². The third-order valence-corrected chi connectivity index (χ3v) is 4.10. The summed E-state index contributed by atoms with van der Waals surface area (Å²) in [6.45, 7) is 5.95. The zero-order chi connectivity index (χ0) is 15.3. The number of aryl methyl sites for hydroxylation is 1. The fourth-order valence-electron chi connectivity index (χ4n) is 2.57. The zero-order valence-electron chi connectivity index (χ0n) is 13.2. The first-order valence-electron chi connectivity index (χ1n) is 7.63. The van der Waals surface area contributed by atoms with E-state index in [2.05, 4.69) is 30.5 Å². The van der Waals surface area contributed by atoms with E-state index in [4.69, 9.17) is 4.74 Å². The molecule has 0 spiro atoms. The number of carbonyl (C=O) groups is 1. The van der Waals surface area contributed by atoms with Crippen molar-refractivity contribution in [1.29, 1.82) is 0 Å². The third kappa shape index (κ3) is 4.55. The summed E-state index contributed by atoms with van der Waals surface area (Å²) in [6, 6.07) is 7.91. The van der Waals surface area contributed by atoms with Gasteiger partial charge in [-0.15, -0.1) is 0 Å². The summed E-state index contributed by atoms with van der Waals surface area (Å²) in [4.78, 5) is 12.3. The van der Waals surface area contributed by atoms with Crippen LogP contribution in [0.2, 0.25) is 0 Å². The van der Waals surface area contributed by atoms with Crippen LogP contribution in [0.5, 0.6) is 0 Å². The lowest BCUT2D eigenvalue weighted by molar-refractivity contribution is -0.118. The Morgan fingerprint density at radius 3 is 2.90 bits per heavy atom. The Hall–Kier alpha value is -1.39. The molecule has 0 aromatic heterocycles. The molecule has 116 valence electrons. The summed E-state index contributed by atoms with van der Waals surface area (Å²) >= 11 is 0. The predicted molar refractivity (Wildman–Crippen MR) is 85.5 cm³/mol. The topological polar surface area (TPSA) is 50.4 Å². The van der Waals surface area contributed by atoms with Crippen LogP contribution in [0.15, 0.2) is 24.3 Å². The third-order valence-electron chi connectivity index (χ3n) is 4.10. The number of nitrogens with one attached hydrogen (secondary N) is 2. The largest absolute Gasteiger partial charge is 0.385 e. The van der Waals surface area contributed by atoms with E-state index in [0.29, 0.717) is 0 Å². The molecule has 0 saturated heterocycles. The number of fused-ring (bicyclic) bond motifs is 1. The van der Waals surface area contributed by atoms with Crippen LogP contribution >= 0.6 is 0 Å². The zero-order valence-corrected chi connectivity index (χ0v) is 13.2. The van der Waals surface area contributed by atoms with Crippen molar-refractivity contribution in [2.75, 3.05) is 25.6 Å². The summed E-state index contributed by atoms with van der Waals surface area (Å²) in [5, 5.41) is 6.45. The summed E-state index contributed by atoms with van der Waals surface area (Å²) in [6.07, 6.45) is 2.74. The van der Waals surface area contributed by atoms with Gasteiger partial charge in [0.15, 0.2) is 0 Å². The second kappa shape index (κ2) is 7.05. The highest BCUT2D eigenvalue weighted by Crippen LogP contribution is 2.23. The van der Waals surface area contributed by atoms with Gasteiger partial charge < -0.3 is 15.4 Å². The molecule has 0 bridgehead atoms. The smallest absolute Gasteiger partial charge is 0.241 e. The number of benzene rings is 1. The van der Waals surface area contributed by atoms with Crippen molar-refractivity contribution in [3.63, 3.8) is 0 Å². The molecule has 1 amide bonds. The first-order valence-corrected chi connectivity index (χ1v) is 7.63. The molecule has 1 atom stereocenters. The molecule has 0 aliphatic carbocycles. The average molecular weight is 290 g/mol. The van der Waals surface area contributed by atoms with Gasteiger partial charge in [0.2, 0.25) is 5.91 Å². The van der Waals surface area contributed by atoms with Crippen molar-refractivity contribution in [3.8, 4) is 0 Å². The SMILES string of the molecule is COCCC(C)(C)CNC1CCc2ccccc2NC1=O. The van der Waals surface area contributed by atoms with E-state index < -0.39 is 0 Å². The summed E-state index contributed by atoms with van der Waals surface area (Å²) in [5.41, 5.74) is 2.29. The quantitative estimate of drug-likeness (QED) is 0.846. The van der Waals surface area contributed by atoms with E-state index in [1.807, 2.05) is 18.2 Å². The molecule has 4 nitrogen and oxygen atoms in total. The molecular weight excluding hydrogens is 264 g/mol. The normalized spacial score (nSPS) is 18.8. The van der Waals surface area contributed by atoms with Crippen molar-refractivity contribution < 1.29 is 9.53 Å². The first kappa shape index (κ1) is 16.0. The van der Waals surface area contributed by atoms with E-state index in [0.717, 1.165) is 38.1 Å². The highest BCUT2D eigenvalue weighted by atomic mass is 16.5. The fourth-order valence-corrected chi connectivity index (χ4v) is 2.57. The van der Waals surface area contributed by atoms with Gasteiger partial charge in [-0.2, -0.15) is 0 Å². The molecule has 2 N–H and O–H groups in total. The second-order valence-corrected chi connectivity index (χ2v) is 6.53. The van der Waals surface area contributed by atoms with Gasteiger partial charge in [-0.3, -0.25) is 4.79 Å². The minimum Gasteiger partial charge on any atom is -0.385 e. The maximum absolute atomic E-state index is 12.3. The summed E-state index contributed by atoms with van der Waals surface area (Å²) in [7, 11) is 1.72. The minimum atomic E-state index is -0.126. The number of hydrogen-bond acceptors (Lipinski definition) is 3. The van der Waals surface area contributed by atoms with Gasteiger partial charge in [-0.25, -0.2) is 0 Å². The fraction of sp³-hybridized carbons (Fsp3) is 0.588. The van der Waals surface area contributed by atoms with Gasteiger partial charge in [-0.1, -0.05) is 32.0 Å². The van der Waals surface area contributed by atoms with Crippen LogP contribution in [-0.4, -0.2) is 32.2 Å². The van der Waals surface area contributed by atoms with Crippen molar-refractivity contribution in [3.05, 3.63) is 29.8 Å². The molecule has 0 saturated carbocycles. The molecule has 4 heteroatoms. The molecule has 21 heavy (non-hydrogen) atoms. The molecule has 1 unspecified atom stereocenters. The van der Waals surface area contributed by atoms with E-state index in [1.54, 1.807) is 7.11 Å². The molecule has 1 heterocycles. The number of ether oxygens (including phenoxy) is 1. The van der Waals surface area contributed by atoms with Crippen LogP contribution in [0, 0.1) is 5.41 Å². The van der Waals surface area contributed by atoms with Gasteiger partial charge in [0.1, 0.15) is 0 Å². The maximum atomic E-state index is 12.3. The first-order chi connectivity index (χ1) is 10.0. The summed E-state index contributed by atoms with van der Waals surface area (Å²) in [5.74, 6) is 0.0718. The number of methoxy groups -OCH3 is 1. The molecule has 1 aromatic carbocycles. The van der Waals surface area contributed by atoms with Gasteiger partial charge in [0.05, 0.1) is 6.04 Å². The molecule has 2 rings (SSSR count). The Labute approximate surface area is 127 Å². The van der Waals surface area contributed by atoms with Crippen LogP contribution < -0.4 is 10.6 Å². The highest BCUT2D eigenvalue weighted by molar-refractivity contribution is 5.96. The molecule has 1 aliphatic heterocycles. The Morgan fingerprint density at radius 1 is 1.38 bits per heavy atom. The Bertz CT molecular complexity index is 485. The van der Waals surface area contributed by atoms with Crippen LogP contribution in [0.3, 0.4) is 0 Å². The van der Waals surface area contributed by atoms with Gasteiger partial charge in [0, 0.05) is 25.9 Å². The van der Waals surface area contributed by atoms with Gasteiger partial charge in [-0.05, 0) is 36.3 Å². The highest BCUT2D eigenvalue weighted by Gasteiger charge is 2.25. The van der Waals surface area contributed by atoms with E-state index in [9.17, 15) is 4.79 Å². The van der Waals surface area contributed by atoms with E-state index in [-0.39, 0.29) is 17.4 Å². The molecule has 0 radical (unpaired) electrons. The lowest BCUT2D eigenvalue weighted by atomic mass is 9.89. The lowest BCUT2D eigenvalue weighted by Crippen LogP contribution is -2.44. The summed E-state index contributed by atoms with van der Waals surface area (Å²) < 4.78 is 5.15. The monoisotopic (exact) mass is 290 g/mol. The van der Waals surface area contributed by atoms with Crippen LogP contribution in [0.25, 0.3) is 0 Å². The Kier molecular flexibility index (Phi) is 5.37. The van der Waals surface area contributed by atoms with Crippen LogP contribution in [-0.2, 0) is 16.0 Å². The molecule has 1 aliphatic rings. The number of rotatable bonds is 6. The average Bonchev–Trinajstić information content (AvgIpc) is 2.62. The van der Waals surface area contributed by atoms with E-state index >= 15 is 0 Å². The maximum Gasteiger partial charge on any atom is 0.241 e. The van der Waals surface area contributed by atoms with Crippen molar-refractivity contribution >= 4 is 11.6 Å². The van der Waals surface area contributed by atoms with Gasteiger partial charge >= 0.3 is 0 Å². The number of carbonyl (C=O) groups excluding carboxylic acids is 1. The Morgan fingerprint density at radius 2 is 2.14 bits per heavy atom. The number of hydrogen-bond donors (Lipinski definition) is 2. The molecule has 1 aromatic rings. The lowest BCUT2D eigenvalue weighted by Gasteiger charge is -2.27. The second-order valence-electron chi connectivity index (χ2n) is 6.53. The van der Waals surface area contributed by atoms with Crippen molar-refractivity contribution in [1.82, 2.24) is 5.32 Å². The van der Waals surface area contributed by atoms with Crippen LogP contribution in [0.1, 0.15) is 32.3 Å². The van der Waals surface area contributed by atoms with Crippen molar-refractivity contribution in [2.45, 2.75) is 39.2 Å². The number of anilines is 1. The molecule has 0 fully saturated rings. The van der Waals surface area contributed by atoms with Gasteiger partial charge in [0.25, 0.3) is 0 Å². The van der Waals surface area contributed by atoms with E-state index in [1.165, 1.54) is 5.56 Å². The minimum absolute atomic E-state index is 0.0718.